The molecule has 0 radical (unpaired) electrons. The van der Waals surface area contributed by atoms with Gasteiger partial charge < -0.3 is 10.6 Å². The highest BCUT2D eigenvalue weighted by Gasteiger charge is 2.22. The largest absolute Gasteiger partial charge is 0.336 e. The van der Waals surface area contributed by atoms with Crippen LogP contribution in [0.2, 0.25) is 4.34 Å². The Morgan fingerprint density at radius 1 is 1.53 bits per heavy atom. The maximum absolute atomic E-state index is 12.1. The standard InChI is InChI=1S/C12H19ClN2OS/c1-4-15(12(16)11(14)8(2)3)7-9-5-6-10(13)17-9/h5-6,8,11H,4,7,14H2,1-3H3/t11-/m0/s1. The molecule has 1 atom stereocenters. The Balaban J connectivity index is 2.68. The summed E-state index contributed by atoms with van der Waals surface area (Å²) >= 11 is 7.37. The van der Waals surface area contributed by atoms with Crippen molar-refractivity contribution in [2.24, 2.45) is 11.7 Å². The molecule has 0 aliphatic heterocycles. The maximum atomic E-state index is 12.1. The average molecular weight is 275 g/mol. The summed E-state index contributed by atoms with van der Waals surface area (Å²) in [6.07, 6.45) is 0. The van der Waals surface area contributed by atoms with Gasteiger partial charge >= 0.3 is 0 Å². The number of hydrogen-bond acceptors (Lipinski definition) is 3. The number of nitrogens with two attached hydrogens (primary N) is 1. The number of likely N-dealkylation sites (N-methyl/N-ethyl adjacent to an activating group) is 1. The molecule has 0 saturated heterocycles. The Hall–Kier alpha value is -0.580. The van der Waals surface area contributed by atoms with E-state index in [0.717, 1.165) is 9.21 Å². The fraction of sp³-hybridized carbons (Fsp3) is 0.583. The summed E-state index contributed by atoms with van der Waals surface area (Å²) in [6.45, 7) is 7.12. The molecule has 1 rings (SSSR count). The predicted molar refractivity (Wildman–Crippen MR) is 73.2 cm³/mol. The van der Waals surface area contributed by atoms with Crippen LogP contribution in [0.4, 0.5) is 0 Å². The molecule has 0 spiro atoms. The second-order valence-electron chi connectivity index (χ2n) is 4.33. The Labute approximate surface area is 112 Å². The molecule has 0 aliphatic carbocycles. The number of thiophene rings is 1. The van der Waals surface area contributed by atoms with E-state index in [1.54, 1.807) is 4.90 Å². The molecular formula is C12H19ClN2OS. The molecule has 2 N–H and O–H groups in total. The number of nitrogens with zero attached hydrogens (tertiary/aromatic N) is 1. The molecule has 1 aromatic rings. The lowest BCUT2D eigenvalue weighted by Crippen LogP contribution is -2.46. The molecule has 1 aromatic heterocycles. The topological polar surface area (TPSA) is 46.3 Å². The van der Waals surface area contributed by atoms with Gasteiger partial charge in [-0.15, -0.1) is 11.3 Å². The molecule has 0 bridgehead atoms. The summed E-state index contributed by atoms with van der Waals surface area (Å²) in [4.78, 5) is 15.0. The second-order valence-corrected chi connectivity index (χ2v) is 6.13. The molecule has 3 nitrogen and oxygen atoms in total. The quantitative estimate of drug-likeness (QED) is 0.897. The van der Waals surface area contributed by atoms with Crippen LogP contribution in [0, 0.1) is 5.92 Å². The summed E-state index contributed by atoms with van der Waals surface area (Å²) in [5.74, 6) is 0.162. The third-order valence-electron chi connectivity index (χ3n) is 2.67. The lowest BCUT2D eigenvalue weighted by atomic mass is 10.0. The van der Waals surface area contributed by atoms with Gasteiger partial charge in [0.15, 0.2) is 0 Å². The number of carbonyl (C=O) groups excluding carboxylic acids is 1. The van der Waals surface area contributed by atoms with E-state index in [9.17, 15) is 4.79 Å². The molecule has 0 saturated carbocycles. The lowest BCUT2D eigenvalue weighted by molar-refractivity contribution is -0.133. The molecule has 1 heterocycles. The third-order valence-corrected chi connectivity index (χ3v) is 3.89. The van der Waals surface area contributed by atoms with Crippen molar-refractivity contribution in [3.8, 4) is 0 Å². The fourth-order valence-electron chi connectivity index (χ4n) is 1.47. The monoisotopic (exact) mass is 274 g/mol. The van der Waals surface area contributed by atoms with Gasteiger partial charge in [-0.25, -0.2) is 0 Å². The van der Waals surface area contributed by atoms with Gasteiger partial charge in [0.1, 0.15) is 0 Å². The molecule has 0 aliphatic rings. The van der Waals surface area contributed by atoms with E-state index in [1.807, 2.05) is 32.9 Å². The smallest absolute Gasteiger partial charge is 0.240 e. The van der Waals surface area contributed by atoms with Crippen molar-refractivity contribution < 1.29 is 4.79 Å². The summed E-state index contributed by atoms with van der Waals surface area (Å²) in [5.41, 5.74) is 5.88. The summed E-state index contributed by atoms with van der Waals surface area (Å²) in [7, 11) is 0. The van der Waals surface area contributed by atoms with Gasteiger partial charge in [0.05, 0.1) is 16.9 Å². The minimum atomic E-state index is -0.426. The molecule has 17 heavy (non-hydrogen) atoms. The van der Waals surface area contributed by atoms with Crippen molar-refractivity contribution in [3.63, 3.8) is 0 Å². The zero-order valence-electron chi connectivity index (χ0n) is 10.4. The van der Waals surface area contributed by atoms with Gasteiger partial charge in [-0.1, -0.05) is 25.4 Å². The second kappa shape index (κ2) is 6.38. The molecule has 96 valence electrons. The van der Waals surface area contributed by atoms with Gasteiger partial charge in [0.25, 0.3) is 0 Å². The highest BCUT2D eigenvalue weighted by Crippen LogP contribution is 2.23. The molecule has 1 amide bonds. The van der Waals surface area contributed by atoms with Crippen LogP contribution in [0.1, 0.15) is 25.6 Å². The van der Waals surface area contributed by atoms with E-state index in [-0.39, 0.29) is 11.8 Å². The van der Waals surface area contributed by atoms with Crippen LogP contribution >= 0.6 is 22.9 Å². The lowest BCUT2D eigenvalue weighted by Gasteiger charge is -2.25. The van der Waals surface area contributed by atoms with Crippen molar-refractivity contribution in [1.29, 1.82) is 0 Å². The van der Waals surface area contributed by atoms with Crippen molar-refractivity contribution in [2.75, 3.05) is 6.54 Å². The number of amides is 1. The molecule has 0 aromatic carbocycles. The van der Waals surface area contributed by atoms with E-state index in [4.69, 9.17) is 17.3 Å². The van der Waals surface area contributed by atoms with Crippen molar-refractivity contribution >= 4 is 28.8 Å². The highest BCUT2D eigenvalue weighted by molar-refractivity contribution is 7.16. The van der Waals surface area contributed by atoms with Crippen LogP contribution in [-0.4, -0.2) is 23.4 Å². The Kier molecular flexibility index (Phi) is 5.43. The Bertz CT molecular complexity index is 378. The van der Waals surface area contributed by atoms with E-state index in [2.05, 4.69) is 0 Å². The van der Waals surface area contributed by atoms with E-state index < -0.39 is 6.04 Å². The first-order chi connectivity index (χ1) is 7.95. The SMILES string of the molecule is CCN(Cc1ccc(Cl)s1)C(=O)[C@@H](N)C(C)C. The van der Waals surface area contributed by atoms with Gasteiger partial charge in [-0.05, 0) is 25.0 Å². The first kappa shape index (κ1) is 14.5. The minimum Gasteiger partial charge on any atom is -0.336 e. The van der Waals surface area contributed by atoms with E-state index in [0.29, 0.717) is 13.1 Å². The summed E-state index contributed by atoms with van der Waals surface area (Å²) < 4.78 is 0.747. The Morgan fingerprint density at radius 2 is 2.18 bits per heavy atom. The summed E-state index contributed by atoms with van der Waals surface area (Å²) in [5, 5.41) is 0. The van der Waals surface area contributed by atoms with Gasteiger partial charge in [0, 0.05) is 11.4 Å². The predicted octanol–water partition coefficient (Wildman–Crippen LogP) is 2.73. The van der Waals surface area contributed by atoms with E-state index in [1.165, 1.54) is 11.3 Å². The average Bonchev–Trinajstić information content (AvgIpc) is 2.69. The minimum absolute atomic E-state index is 0.00650. The van der Waals surface area contributed by atoms with Crippen molar-refractivity contribution in [2.45, 2.75) is 33.4 Å². The van der Waals surface area contributed by atoms with Crippen LogP contribution in [0.15, 0.2) is 12.1 Å². The van der Waals surface area contributed by atoms with Gasteiger partial charge in [-0.3, -0.25) is 4.79 Å². The van der Waals surface area contributed by atoms with Crippen LogP contribution in [0.3, 0.4) is 0 Å². The van der Waals surface area contributed by atoms with Gasteiger partial charge in [-0.2, -0.15) is 0 Å². The maximum Gasteiger partial charge on any atom is 0.240 e. The number of rotatable bonds is 5. The van der Waals surface area contributed by atoms with E-state index >= 15 is 0 Å². The fourth-order valence-corrected chi connectivity index (χ4v) is 2.57. The van der Waals surface area contributed by atoms with Gasteiger partial charge in [0.2, 0.25) is 5.91 Å². The Morgan fingerprint density at radius 3 is 2.59 bits per heavy atom. The van der Waals surface area contributed by atoms with Crippen LogP contribution in [-0.2, 0) is 11.3 Å². The molecule has 0 unspecified atom stereocenters. The number of carbonyl (C=O) groups is 1. The van der Waals surface area contributed by atoms with Crippen molar-refractivity contribution in [3.05, 3.63) is 21.3 Å². The molecular weight excluding hydrogens is 256 g/mol. The van der Waals surface area contributed by atoms with Crippen LogP contribution in [0.25, 0.3) is 0 Å². The first-order valence-corrected chi connectivity index (χ1v) is 6.93. The van der Waals surface area contributed by atoms with Crippen LogP contribution < -0.4 is 5.73 Å². The normalized spacial score (nSPS) is 12.8. The zero-order valence-corrected chi connectivity index (χ0v) is 12.0. The molecule has 5 heteroatoms. The first-order valence-electron chi connectivity index (χ1n) is 5.74. The molecule has 0 fully saturated rings. The van der Waals surface area contributed by atoms with Crippen LogP contribution in [0.5, 0.6) is 0 Å². The highest BCUT2D eigenvalue weighted by atomic mass is 35.5. The number of hydrogen-bond donors (Lipinski definition) is 1. The number of halogens is 1. The third kappa shape index (κ3) is 3.98. The zero-order chi connectivity index (χ0) is 13.0. The van der Waals surface area contributed by atoms with Crippen molar-refractivity contribution in [1.82, 2.24) is 4.90 Å². The summed E-state index contributed by atoms with van der Waals surface area (Å²) in [6, 6.07) is 3.37.